The van der Waals surface area contributed by atoms with E-state index in [0.717, 1.165) is 0 Å². The topological polar surface area (TPSA) is 97.2 Å². The van der Waals surface area contributed by atoms with E-state index in [9.17, 15) is 14.9 Å². The number of carbonyl (C=O) groups excluding carboxylic acids is 1. The summed E-state index contributed by atoms with van der Waals surface area (Å²) in [4.78, 5) is 26.5. The van der Waals surface area contributed by atoms with E-state index in [0.29, 0.717) is 10.7 Å². The molecule has 2 aromatic rings. The van der Waals surface area contributed by atoms with Crippen LogP contribution in [0.3, 0.4) is 0 Å². The second kappa shape index (κ2) is 6.31. The van der Waals surface area contributed by atoms with Crippen LogP contribution >= 0.6 is 11.3 Å². The first-order valence-corrected chi connectivity index (χ1v) is 7.11. The maximum atomic E-state index is 12.0. The number of thiazole rings is 1. The third-order valence-corrected chi connectivity index (χ3v) is 3.29. The van der Waals surface area contributed by atoms with Crippen molar-refractivity contribution in [1.82, 2.24) is 10.3 Å². The molecular weight excluding hydrogens is 292 g/mol. The Hall–Kier alpha value is -2.48. The van der Waals surface area contributed by atoms with Crippen LogP contribution in [0.25, 0.3) is 0 Å². The number of nitrogens with one attached hydrogen (secondary N) is 2. The fourth-order valence-electron chi connectivity index (χ4n) is 1.69. The number of nitrogens with zero attached hydrogens (tertiary/aromatic N) is 2. The normalized spacial score (nSPS) is 10.4. The Labute approximate surface area is 125 Å². The predicted molar refractivity (Wildman–Crippen MR) is 81.1 cm³/mol. The van der Waals surface area contributed by atoms with E-state index in [1.54, 1.807) is 18.2 Å². The lowest BCUT2D eigenvalue weighted by molar-refractivity contribution is -0.383. The minimum absolute atomic E-state index is 0.0156. The van der Waals surface area contributed by atoms with Gasteiger partial charge >= 0.3 is 0 Å². The zero-order valence-electron chi connectivity index (χ0n) is 11.5. The Morgan fingerprint density at radius 3 is 2.76 bits per heavy atom. The summed E-state index contributed by atoms with van der Waals surface area (Å²) in [6.07, 6.45) is 0. The number of carbonyl (C=O) groups is 1. The van der Waals surface area contributed by atoms with Crippen molar-refractivity contribution in [3.05, 3.63) is 45.6 Å². The molecule has 21 heavy (non-hydrogen) atoms. The van der Waals surface area contributed by atoms with Gasteiger partial charge in [0, 0.05) is 12.1 Å². The molecule has 0 unspecified atom stereocenters. The Morgan fingerprint density at radius 1 is 1.38 bits per heavy atom. The standard InChI is InChI=1S/C13H14N4O3S/c1-8(2)15-12(18)11-13(21-7-14-11)16-9-5-3-4-6-10(9)17(19)20/h3-8,16H,1-2H3,(H,15,18). The van der Waals surface area contributed by atoms with Crippen molar-refractivity contribution in [3.63, 3.8) is 0 Å². The highest BCUT2D eigenvalue weighted by atomic mass is 32.1. The lowest BCUT2D eigenvalue weighted by atomic mass is 10.2. The zero-order valence-corrected chi connectivity index (χ0v) is 12.3. The van der Waals surface area contributed by atoms with E-state index in [1.165, 1.54) is 22.9 Å². The third kappa shape index (κ3) is 3.54. The third-order valence-electron chi connectivity index (χ3n) is 2.55. The van der Waals surface area contributed by atoms with Gasteiger partial charge in [-0.3, -0.25) is 14.9 Å². The monoisotopic (exact) mass is 306 g/mol. The molecule has 0 atom stereocenters. The summed E-state index contributed by atoms with van der Waals surface area (Å²) in [5.41, 5.74) is 2.02. The molecule has 0 saturated heterocycles. The van der Waals surface area contributed by atoms with Gasteiger partial charge in [-0.25, -0.2) is 4.98 Å². The van der Waals surface area contributed by atoms with Crippen LogP contribution in [-0.4, -0.2) is 21.9 Å². The lowest BCUT2D eigenvalue weighted by Gasteiger charge is -2.09. The quantitative estimate of drug-likeness (QED) is 0.654. The number of benzene rings is 1. The molecule has 1 aromatic carbocycles. The molecule has 1 aromatic heterocycles. The van der Waals surface area contributed by atoms with Gasteiger partial charge in [0.2, 0.25) is 0 Å². The molecule has 0 saturated carbocycles. The van der Waals surface area contributed by atoms with E-state index in [4.69, 9.17) is 0 Å². The van der Waals surface area contributed by atoms with Crippen molar-refractivity contribution in [1.29, 1.82) is 0 Å². The van der Waals surface area contributed by atoms with Gasteiger partial charge in [0.1, 0.15) is 10.7 Å². The summed E-state index contributed by atoms with van der Waals surface area (Å²) in [5.74, 6) is -0.313. The maximum absolute atomic E-state index is 12.0. The molecule has 110 valence electrons. The first-order valence-electron chi connectivity index (χ1n) is 6.24. The molecule has 1 amide bonds. The van der Waals surface area contributed by atoms with E-state index < -0.39 is 4.92 Å². The van der Waals surface area contributed by atoms with Crippen molar-refractivity contribution in [2.75, 3.05) is 5.32 Å². The van der Waals surface area contributed by atoms with Gasteiger partial charge < -0.3 is 10.6 Å². The smallest absolute Gasteiger partial charge is 0.292 e. The average Bonchev–Trinajstić information content (AvgIpc) is 2.86. The van der Waals surface area contributed by atoms with Crippen LogP contribution in [0, 0.1) is 10.1 Å². The van der Waals surface area contributed by atoms with E-state index in [-0.39, 0.29) is 23.3 Å². The summed E-state index contributed by atoms with van der Waals surface area (Å²) in [7, 11) is 0. The van der Waals surface area contributed by atoms with Crippen LogP contribution in [-0.2, 0) is 0 Å². The predicted octanol–water partition coefficient (Wildman–Crippen LogP) is 2.93. The molecule has 0 aliphatic heterocycles. The number of rotatable bonds is 5. The summed E-state index contributed by atoms with van der Waals surface area (Å²) < 4.78 is 0. The first-order chi connectivity index (χ1) is 9.99. The van der Waals surface area contributed by atoms with E-state index in [1.807, 2.05) is 13.8 Å². The van der Waals surface area contributed by atoms with Crippen molar-refractivity contribution in [2.45, 2.75) is 19.9 Å². The Morgan fingerprint density at radius 2 is 2.10 bits per heavy atom. The number of amides is 1. The molecular formula is C13H14N4O3S. The largest absolute Gasteiger partial charge is 0.348 e. The van der Waals surface area contributed by atoms with Crippen LogP contribution in [0.2, 0.25) is 0 Å². The van der Waals surface area contributed by atoms with Crippen molar-refractivity contribution < 1.29 is 9.72 Å². The molecule has 2 N–H and O–H groups in total. The van der Waals surface area contributed by atoms with E-state index >= 15 is 0 Å². The summed E-state index contributed by atoms with van der Waals surface area (Å²) >= 11 is 1.21. The van der Waals surface area contributed by atoms with Gasteiger partial charge in [0.05, 0.1) is 10.4 Å². The number of para-hydroxylation sites is 2. The highest BCUT2D eigenvalue weighted by molar-refractivity contribution is 7.14. The highest BCUT2D eigenvalue weighted by Crippen LogP contribution is 2.30. The average molecular weight is 306 g/mol. The van der Waals surface area contributed by atoms with Gasteiger partial charge in [-0.2, -0.15) is 0 Å². The molecule has 0 bridgehead atoms. The molecule has 0 aliphatic rings. The maximum Gasteiger partial charge on any atom is 0.292 e. The Bertz CT molecular complexity index is 669. The number of anilines is 2. The van der Waals surface area contributed by atoms with Gasteiger partial charge in [-0.1, -0.05) is 12.1 Å². The first kappa shape index (κ1) is 14.9. The van der Waals surface area contributed by atoms with Gasteiger partial charge in [0.15, 0.2) is 5.69 Å². The van der Waals surface area contributed by atoms with Gasteiger partial charge in [-0.15, -0.1) is 11.3 Å². The van der Waals surface area contributed by atoms with Crippen molar-refractivity contribution in [3.8, 4) is 0 Å². The number of hydrogen-bond acceptors (Lipinski definition) is 6. The van der Waals surface area contributed by atoms with E-state index in [2.05, 4.69) is 15.6 Å². The van der Waals surface area contributed by atoms with Gasteiger partial charge in [0.25, 0.3) is 11.6 Å². The van der Waals surface area contributed by atoms with Crippen LogP contribution in [0.5, 0.6) is 0 Å². The molecule has 7 nitrogen and oxygen atoms in total. The number of aromatic nitrogens is 1. The van der Waals surface area contributed by atoms with Crippen molar-refractivity contribution in [2.24, 2.45) is 0 Å². The number of hydrogen-bond donors (Lipinski definition) is 2. The molecule has 2 rings (SSSR count). The number of nitro groups is 1. The molecule has 8 heteroatoms. The highest BCUT2D eigenvalue weighted by Gasteiger charge is 2.19. The van der Waals surface area contributed by atoms with Crippen LogP contribution < -0.4 is 10.6 Å². The second-order valence-corrected chi connectivity index (χ2v) is 5.41. The lowest BCUT2D eigenvalue weighted by Crippen LogP contribution is -2.30. The molecule has 0 aliphatic carbocycles. The minimum atomic E-state index is -0.475. The summed E-state index contributed by atoms with van der Waals surface area (Å²) in [6, 6.07) is 6.24. The Kier molecular flexibility index (Phi) is 4.49. The summed E-state index contributed by atoms with van der Waals surface area (Å²) in [6.45, 7) is 3.69. The van der Waals surface area contributed by atoms with Crippen LogP contribution in [0.4, 0.5) is 16.4 Å². The fraction of sp³-hybridized carbons (Fsp3) is 0.231. The fourth-order valence-corrected chi connectivity index (χ4v) is 2.38. The molecule has 0 radical (unpaired) electrons. The summed E-state index contributed by atoms with van der Waals surface area (Å²) in [5, 5.41) is 17.1. The molecule has 0 fully saturated rings. The van der Waals surface area contributed by atoms with Crippen LogP contribution in [0.15, 0.2) is 29.8 Å². The second-order valence-electron chi connectivity index (χ2n) is 4.56. The number of nitro benzene ring substituents is 1. The zero-order chi connectivity index (χ0) is 15.4. The SMILES string of the molecule is CC(C)NC(=O)c1ncsc1Nc1ccccc1[N+](=O)[O-]. The molecule has 1 heterocycles. The van der Waals surface area contributed by atoms with Crippen LogP contribution in [0.1, 0.15) is 24.3 Å². The molecule has 0 spiro atoms. The minimum Gasteiger partial charge on any atom is -0.348 e. The van der Waals surface area contributed by atoms with Gasteiger partial charge in [-0.05, 0) is 19.9 Å². The Balaban J connectivity index is 2.28. The van der Waals surface area contributed by atoms with Crippen molar-refractivity contribution >= 4 is 33.6 Å².